The number of carbonyl (C=O) groups excluding carboxylic acids is 1. The molecule has 0 amide bonds. The van der Waals surface area contributed by atoms with E-state index in [0.717, 1.165) is 17.7 Å². The number of rotatable bonds is 7. The second-order valence-corrected chi connectivity index (χ2v) is 5.36. The van der Waals surface area contributed by atoms with Gasteiger partial charge in [-0.05, 0) is 32.1 Å². The van der Waals surface area contributed by atoms with Crippen LogP contribution in [0.4, 0.5) is 0 Å². The summed E-state index contributed by atoms with van der Waals surface area (Å²) in [5.74, 6) is 0.681. The lowest BCUT2D eigenvalue weighted by Crippen LogP contribution is -2.11. The fourth-order valence-corrected chi connectivity index (χ4v) is 2.44. The van der Waals surface area contributed by atoms with E-state index in [4.69, 9.17) is 18.9 Å². The zero-order chi connectivity index (χ0) is 17.5. The number of nitrogens with zero attached hydrogens (tertiary/aromatic N) is 1. The normalized spacial score (nSPS) is 16.1. The van der Waals surface area contributed by atoms with Crippen LogP contribution in [0.15, 0.2) is 17.7 Å². The lowest BCUT2D eigenvalue weighted by molar-refractivity contribution is -0.139. The third-order valence-electron chi connectivity index (χ3n) is 3.49. The summed E-state index contributed by atoms with van der Waals surface area (Å²) in [6.45, 7) is 4.72. The summed E-state index contributed by atoms with van der Waals surface area (Å²) in [5, 5.41) is 9.25. The number of ether oxygens (including phenoxy) is 4. The average molecular weight is 331 g/mol. The Kier molecular flexibility index (Phi) is 6.21. The first-order valence-corrected chi connectivity index (χ1v) is 7.83. The summed E-state index contributed by atoms with van der Waals surface area (Å²) in [4.78, 5) is 12.0. The van der Waals surface area contributed by atoms with Crippen molar-refractivity contribution in [2.24, 2.45) is 0 Å². The van der Waals surface area contributed by atoms with Crippen LogP contribution in [0.25, 0.3) is 6.08 Å². The highest BCUT2D eigenvalue weighted by atomic mass is 16.6. The highest BCUT2D eigenvalue weighted by molar-refractivity contribution is 5.98. The van der Waals surface area contributed by atoms with E-state index in [-0.39, 0.29) is 24.9 Å². The second-order valence-electron chi connectivity index (χ2n) is 5.36. The van der Waals surface area contributed by atoms with E-state index in [9.17, 15) is 10.1 Å². The Morgan fingerprint density at radius 2 is 2.25 bits per heavy atom. The van der Waals surface area contributed by atoms with Gasteiger partial charge >= 0.3 is 5.97 Å². The Morgan fingerprint density at radius 1 is 1.46 bits per heavy atom. The van der Waals surface area contributed by atoms with Crippen LogP contribution in [-0.4, -0.2) is 39.0 Å². The van der Waals surface area contributed by atoms with Crippen molar-refractivity contribution in [3.05, 3.63) is 28.8 Å². The van der Waals surface area contributed by atoms with Crippen LogP contribution in [0.5, 0.6) is 11.5 Å². The van der Waals surface area contributed by atoms with Crippen molar-refractivity contribution in [2.75, 3.05) is 26.9 Å². The van der Waals surface area contributed by atoms with Crippen molar-refractivity contribution in [3.63, 3.8) is 0 Å². The first-order chi connectivity index (χ1) is 11.6. The Hall–Kier alpha value is -2.52. The zero-order valence-corrected chi connectivity index (χ0v) is 14.1. The smallest absolute Gasteiger partial charge is 0.348 e. The standard InChI is InChI=1S/C18H21NO5/c1-4-22-16-9-13-7-12(2)24-17(13)10-14(16)8-15(11-19)18(20)23-6-5-21-3/h8-10,12H,4-7H2,1-3H3/b15-8+/t12-/m1/s1. The first-order valence-electron chi connectivity index (χ1n) is 7.83. The molecular formula is C18H21NO5. The Labute approximate surface area is 141 Å². The van der Waals surface area contributed by atoms with Gasteiger partial charge in [-0.1, -0.05) is 0 Å². The number of esters is 1. The first kappa shape index (κ1) is 17.8. The Bertz CT molecular complexity index is 675. The molecule has 0 fully saturated rings. The molecule has 0 bridgehead atoms. The van der Waals surface area contributed by atoms with E-state index >= 15 is 0 Å². The van der Waals surface area contributed by atoms with Crippen LogP contribution in [0.3, 0.4) is 0 Å². The quantitative estimate of drug-likeness (QED) is 0.331. The molecule has 0 saturated carbocycles. The van der Waals surface area contributed by atoms with E-state index in [1.165, 1.54) is 13.2 Å². The number of carbonyl (C=O) groups is 1. The highest BCUT2D eigenvalue weighted by Crippen LogP contribution is 2.36. The van der Waals surface area contributed by atoms with E-state index in [2.05, 4.69) is 0 Å². The summed E-state index contributed by atoms with van der Waals surface area (Å²) in [6.07, 6.45) is 2.37. The van der Waals surface area contributed by atoms with Gasteiger partial charge in [-0.2, -0.15) is 5.26 Å². The zero-order valence-electron chi connectivity index (χ0n) is 14.1. The predicted molar refractivity (Wildman–Crippen MR) is 87.8 cm³/mol. The van der Waals surface area contributed by atoms with Crippen molar-refractivity contribution < 1.29 is 23.7 Å². The number of nitriles is 1. The summed E-state index contributed by atoms with van der Waals surface area (Å²) in [6, 6.07) is 5.57. The van der Waals surface area contributed by atoms with Crippen LogP contribution < -0.4 is 9.47 Å². The van der Waals surface area contributed by atoms with Crippen molar-refractivity contribution in [1.82, 2.24) is 0 Å². The molecule has 0 aromatic heterocycles. The molecule has 1 aromatic carbocycles. The summed E-state index contributed by atoms with van der Waals surface area (Å²) < 4.78 is 21.2. The van der Waals surface area contributed by atoms with Crippen molar-refractivity contribution in [3.8, 4) is 17.6 Å². The van der Waals surface area contributed by atoms with Crippen LogP contribution in [0, 0.1) is 11.3 Å². The molecule has 1 aliphatic heterocycles. The van der Waals surface area contributed by atoms with Gasteiger partial charge in [-0.25, -0.2) is 4.79 Å². The minimum atomic E-state index is -0.688. The van der Waals surface area contributed by atoms with Gasteiger partial charge in [-0.3, -0.25) is 0 Å². The SMILES string of the molecule is CCOc1cc2c(cc1/C=C(\C#N)C(=O)OCCOC)O[C@H](C)C2. The maximum absolute atomic E-state index is 12.0. The third kappa shape index (κ3) is 4.27. The van der Waals surface area contributed by atoms with Gasteiger partial charge in [0.1, 0.15) is 35.9 Å². The van der Waals surface area contributed by atoms with Crippen molar-refractivity contribution in [1.29, 1.82) is 5.26 Å². The molecule has 0 unspecified atom stereocenters. The molecule has 0 spiro atoms. The minimum absolute atomic E-state index is 0.0947. The largest absolute Gasteiger partial charge is 0.493 e. The summed E-state index contributed by atoms with van der Waals surface area (Å²) >= 11 is 0. The Balaban J connectivity index is 2.30. The number of benzene rings is 1. The third-order valence-corrected chi connectivity index (χ3v) is 3.49. The average Bonchev–Trinajstić information content (AvgIpc) is 2.91. The van der Waals surface area contributed by atoms with Crippen LogP contribution in [0.1, 0.15) is 25.0 Å². The molecule has 0 N–H and O–H groups in total. The molecular weight excluding hydrogens is 310 g/mol. The molecule has 1 heterocycles. The maximum Gasteiger partial charge on any atom is 0.348 e. The van der Waals surface area contributed by atoms with Gasteiger partial charge in [0.25, 0.3) is 0 Å². The topological polar surface area (TPSA) is 77.8 Å². The molecule has 0 aliphatic carbocycles. The van der Waals surface area contributed by atoms with Crippen molar-refractivity contribution >= 4 is 12.0 Å². The molecule has 0 saturated heterocycles. The van der Waals surface area contributed by atoms with Crippen molar-refractivity contribution in [2.45, 2.75) is 26.4 Å². The molecule has 128 valence electrons. The summed E-state index contributed by atoms with van der Waals surface area (Å²) in [5.41, 5.74) is 1.58. The lowest BCUT2D eigenvalue weighted by atomic mass is 10.0. The number of hydrogen-bond acceptors (Lipinski definition) is 6. The molecule has 0 radical (unpaired) electrons. The monoisotopic (exact) mass is 331 g/mol. The molecule has 6 heteroatoms. The lowest BCUT2D eigenvalue weighted by Gasteiger charge is -2.10. The number of fused-ring (bicyclic) bond motifs is 1. The van der Waals surface area contributed by atoms with E-state index in [0.29, 0.717) is 17.9 Å². The van der Waals surface area contributed by atoms with Crippen LogP contribution in [0.2, 0.25) is 0 Å². The predicted octanol–water partition coefficient (Wildman–Crippen LogP) is 2.51. The van der Waals surface area contributed by atoms with Gasteiger partial charge < -0.3 is 18.9 Å². The minimum Gasteiger partial charge on any atom is -0.493 e. The van der Waals surface area contributed by atoms with E-state index in [1.807, 2.05) is 26.0 Å². The maximum atomic E-state index is 12.0. The fraction of sp³-hybridized carbons (Fsp3) is 0.444. The fourth-order valence-electron chi connectivity index (χ4n) is 2.44. The number of methoxy groups -OCH3 is 1. The Morgan fingerprint density at radius 3 is 2.92 bits per heavy atom. The van der Waals surface area contributed by atoms with Gasteiger partial charge in [0.15, 0.2) is 0 Å². The molecule has 24 heavy (non-hydrogen) atoms. The van der Waals surface area contributed by atoms with E-state index in [1.54, 1.807) is 6.07 Å². The van der Waals surface area contributed by atoms with Gasteiger partial charge in [0.05, 0.1) is 13.2 Å². The van der Waals surface area contributed by atoms with Gasteiger partial charge in [0, 0.05) is 24.7 Å². The van der Waals surface area contributed by atoms with Crippen LogP contribution in [-0.2, 0) is 20.7 Å². The second kappa shape index (κ2) is 8.37. The van der Waals surface area contributed by atoms with Gasteiger partial charge in [0.2, 0.25) is 0 Å². The van der Waals surface area contributed by atoms with E-state index < -0.39 is 5.97 Å². The molecule has 2 rings (SSSR count). The summed E-state index contributed by atoms with van der Waals surface area (Å²) in [7, 11) is 1.51. The van der Waals surface area contributed by atoms with Crippen LogP contribution >= 0.6 is 0 Å². The molecule has 1 aromatic rings. The van der Waals surface area contributed by atoms with Gasteiger partial charge in [-0.15, -0.1) is 0 Å². The number of hydrogen-bond donors (Lipinski definition) is 0. The molecule has 6 nitrogen and oxygen atoms in total. The molecule has 1 atom stereocenters. The molecule has 1 aliphatic rings. The highest BCUT2D eigenvalue weighted by Gasteiger charge is 2.22.